The average Bonchev–Trinajstić information content (AvgIpc) is 2.88. The van der Waals surface area contributed by atoms with E-state index < -0.39 is 10.0 Å². The highest BCUT2D eigenvalue weighted by atomic mass is 32.2. The topological polar surface area (TPSA) is 78.5 Å². The van der Waals surface area contributed by atoms with Crippen LogP contribution in [-0.2, 0) is 10.0 Å². The molecule has 0 unspecified atom stereocenters. The molecular weight excluding hydrogens is 278 g/mol. The first-order valence-corrected chi connectivity index (χ1v) is 9.29. The van der Waals surface area contributed by atoms with E-state index in [0.29, 0.717) is 31.6 Å². The molecule has 6 nitrogen and oxygen atoms in total. The largest absolute Gasteiger partial charge is 0.338 e. The Morgan fingerprint density at radius 1 is 1.15 bits per heavy atom. The van der Waals surface area contributed by atoms with E-state index in [1.807, 2.05) is 0 Å². The fourth-order valence-electron chi connectivity index (χ4n) is 2.99. The summed E-state index contributed by atoms with van der Waals surface area (Å²) in [7, 11) is -3.06. The Hall–Kier alpha value is -0.820. The van der Waals surface area contributed by atoms with Gasteiger partial charge < -0.3 is 10.6 Å². The zero-order chi connectivity index (χ0) is 14.6. The van der Waals surface area contributed by atoms with E-state index in [-0.39, 0.29) is 6.03 Å². The number of nitrogens with zero attached hydrogens (tertiary/aromatic N) is 1. The van der Waals surface area contributed by atoms with Crippen molar-refractivity contribution in [3.05, 3.63) is 0 Å². The maximum absolute atomic E-state index is 11.7. The Kier molecular flexibility index (Phi) is 5.26. The van der Waals surface area contributed by atoms with Crippen molar-refractivity contribution in [2.24, 2.45) is 5.92 Å². The highest BCUT2D eigenvalue weighted by Crippen LogP contribution is 2.19. The third-order valence-corrected chi connectivity index (χ3v) is 5.59. The van der Waals surface area contributed by atoms with E-state index in [4.69, 9.17) is 0 Å². The molecule has 0 aromatic carbocycles. The Balaban J connectivity index is 1.64. The van der Waals surface area contributed by atoms with Gasteiger partial charge in [-0.05, 0) is 31.6 Å². The zero-order valence-electron chi connectivity index (χ0n) is 12.1. The van der Waals surface area contributed by atoms with Crippen molar-refractivity contribution in [1.82, 2.24) is 14.9 Å². The lowest BCUT2D eigenvalue weighted by atomic mass is 9.98. The number of carbonyl (C=O) groups excluding carboxylic acids is 1. The zero-order valence-corrected chi connectivity index (χ0v) is 12.9. The Morgan fingerprint density at radius 3 is 2.30 bits per heavy atom. The molecule has 0 aromatic rings. The van der Waals surface area contributed by atoms with Crippen molar-refractivity contribution in [3.8, 4) is 0 Å². The molecule has 20 heavy (non-hydrogen) atoms. The summed E-state index contributed by atoms with van der Waals surface area (Å²) in [4.78, 5) is 11.7. The van der Waals surface area contributed by atoms with Gasteiger partial charge in [-0.25, -0.2) is 17.5 Å². The number of piperidine rings is 1. The van der Waals surface area contributed by atoms with E-state index in [1.54, 1.807) is 0 Å². The fourth-order valence-corrected chi connectivity index (χ4v) is 3.86. The van der Waals surface area contributed by atoms with Crippen LogP contribution in [0.1, 0.15) is 38.5 Å². The highest BCUT2D eigenvalue weighted by Gasteiger charge is 2.25. The summed E-state index contributed by atoms with van der Waals surface area (Å²) < 4.78 is 24.3. The van der Waals surface area contributed by atoms with Crippen molar-refractivity contribution in [3.63, 3.8) is 0 Å². The molecule has 2 amide bonds. The predicted octanol–water partition coefficient (Wildman–Crippen LogP) is 0.900. The molecule has 0 spiro atoms. The third-order valence-electron chi connectivity index (χ3n) is 4.28. The SMILES string of the molecule is CS(=O)(=O)N1CCC(CNC(=O)NC2CCCC2)CC1. The molecule has 2 fully saturated rings. The van der Waals surface area contributed by atoms with Crippen LogP contribution in [0.2, 0.25) is 0 Å². The van der Waals surface area contributed by atoms with Crippen LogP contribution in [0.3, 0.4) is 0 Å². The Bertz CT molecular complexity index is 424. The second-order valence-corrected chi connectivity index (χ2v) is 7.92. The molecule has 0 aromatic heterocycles. The molecule has 1 aliphatic carbocycles. The number of sulfonamides is 1. The van der Waals surface area contributed by atoms with Gasteiger partial charge in [0.25, 0.3) is 0 Å². The van der Waals surface area contributed by atoms with Gasteiger partial charge in [-0.3, -0.25) is 0 Å². The number of amides is 2. The van der Waals surface area contributed by atoms with Gasteiger partial charge in [-0.2, -0.15) is 0 Å². The maximum Gasteiger partial charge on any atom is 0.315 e. The van der Waals surface area contributed by atoms with Gasteiger partial charge in [-0.1, -0.05) is 12.8 Å². The van der Waals surface area contributed by atoms with Crippen LogP contribution in [0.5, 0.6) is 0 Å². The minimum atomic E-state index is -3.06. The van der Waals surface area contributed by atoms with E-state index in [0.717, 1.165) is 25.7 Å². The second kappa shape index (κ2) is 6.76. The van der Waals surface area contributed by atoms with Crippen molar-refractivity contribution >= 4 is 16.1 Å². The standard InChI is InChI=1S/C13H25N3O3S/c1-20(18,19)16-8-6-11(7-9-16)10-14-13(17)15-12-4-2-3-5-12/h11-12H,2-10H2,1H3,(H2,14,15,17). The average molecular weight is 303 g/mol. The van der Waals surface area contributed by atoms with Gasteiger partial charge in [0, 0.05) is 25.7 Å². The summed E-state index contributed by atoms with van der Waals surface area (Å²) in [5, 5.41) is 5.91. The van der Waals surface area contributed by atoms with Gasteiger partial charge in [0.1, 0.15) is 0 Å². The number of hydrogen-bond donors (Lipinski definition) is 2. The Morgan fingerprint density at radius 2 is 1.75 bits per heavy atom. The first-order chi connectivity index (χ1) is 9.45. The summed E-state index contributed by atoms with van der Waals surface area (Å²) in [6.07, 6.45) is 7.46. The van der Waals surface area contributed by atoms with Crippen molar-refractivity contribution < 1.29 is 13.2 Å². The minimum Gasteiger partial charge on any atom is -0.338 e. The smallest absolute Gasteiger partial charge is 0.315 e. The number of nitrogens with one attached hydrogen (secondary N) is 2. The normalized spacial score (nSPS) is 22.9. The van der Waals surface area contributed by atoms with Crippen molar-refractivity contribution in [1.29, 1.82) is 0 Å². The molecule has 2 rings (SSSR count). The molecule has 0 radical (unpaired) electrons. The molecule has 0 atom stereocenters. The van der Waals surface area contributed by atoms with Crippen LogP contribution in [0.25, 0.3) is 0 Å². The molecule has 2 aliphatic rings. The quantitative estimate of drug-likeness (QED) is 0.810. The summed E-state index contributed by atoms with van der Waals surface area (Å²) >= 11 is 0. The molecule has 116 valence electrons. The third kappa shape index (κ3) is 4.63. The molecule has 7 heteroatoms. The van der Waals surface area contributed by atoms with E-state index >= 15 is 0 Å². The van der Waals surface area contributed by atoms with Crippen LogP contribution in [0.4, 0.5) is 4.79 Å². The van der Waals surface area contributed by atoms with Gasteiger partial charge in [0.05, 0.1) is 6.26 Å². The lowest BCUT2D eigenvalue weighted by Crippen LogP contribution is -2.45. The number of carbonyl (C=O) groups is 1. The number of hydrogen-bond acceptors (Lipinski definition) is 3. The predicted molar refractivity (Wildman–Crippen MR) is 77.9 cm³/mol. The van der Waals surface area contributed by atoms with Crippen LogP contribution in [-0.4, -0.2) is 50.7 Å². The first kappa shape index (κ1) is 15.6. The monoisotopic (exact) mass is 303 g/mol. The van der Waals surface area contributed by atoms with Crippen molar-refractivity contribution in [2.75, 3.05) is 25.9 Å². The molecule has 1 aliphatic heterocycles. The van der Waals surface area contributed by atoms with Gasteiger partial charge in [0.2, 0.25) is 10.0 Å². The van der Waals surface area contributed by atoms with Crippen LogP contribution >= 0.6 is 0 Å². The summed E-state index contributed by atoms with van der Waals surface area (Å²) in [6.45, 7) is 1.76. The minimum absolute atomic E-state index is 0.0811. The van der Waals surface area contributed by atoms with Gasteiger partial charge >= 0.3 is 6.03 Å². The maximum atomic E-state index is 11.7. The summed E-state index contributed by atoms with van der Waals surface area (Å²) in [6, 6.07) is 0.254. The van der Waals surface area contributed by atoms with E-state index in [2.05, 4.69) is 10.6 Å². The lowest BCUT2D eigenvalue weighted by molar-refractivity contribution is 0.228. The number of urea groups is 1. The lowest BCUT2D eigenvalue weighted by Gasteiger charge is -2.30. The van der Waals surface area contributed by atoms with Crippen LogP contribution in [0.15, 0.2) is 0 Å². The molecule has 1 heterocycles. The van der Waals surface area contributed by atoms with Gasteiger partial charge in [-0.15, -0.1) is 0 Å². The molecule has 2 N–H and O–H groups in total. The molecule has 0 bridgehead atoms. The Labute approximate surface area is 121 Å². The summed E-state index contributed by atoms with van der Waals surface area (Å²) in [5.74, 6) is 0.377. The highest BCUT2D eigenvalue weighted by molar-refractivity contribution is 7.88. The van der Waals surface area contributed by atoms with Crippen LogP contribution < -0.4 is 10.6 Å². The number of rotatable bonds is 4. The van der Waals surface area contributed by atoms with E-state index in [9.17, 15) is 13.2 Å². The van der Waals surface area contributed by atoms with Gasteiger partial charge in [0.15, 0.2) is 0 Å². The fraction of sp³-hybridized carbons (Fsp3) is 0.923. The summed E-state index contributed by atoms with van der Waals surface area (Å²) in [5.41, 5.74) is 0. The van der Waals surface area contributed by atoms with Crippen molar-refractivity contribution in [2.45, 2.75) is 44.6 Å². The molecule has 1 saturated carbocycles. The van der Waals surface area contributed by atoms with E-state index in [1.165, 1.54) is 23.4 Å². The first-order valence-electron chi connectivity index (χ1n) is 7.44. The molecule has 1 saturated heterocycles. The molecular formula is C13H25N3O3S. The van der Waals surface area contributed by atoms with Crippen LogP contribution in [0, 0.1) is 5.92 Å². The second-order valence-electron chi connectivity index (χ2n) is 5.94.